The van der Waals surface area contributed by atoms with Gasteiger partial charge in [0.2, 0.25) is 0 Å². The average Bonchev–Trinajstić information content (AvgIpc) is 3.39. The number of alkyl halides is 3. The van der Waals surface area contributed by atoms with Gasteiger partial charge in [-0.25, -0.2) is 9.97 Å². The van der Waals surface area contributed by atoms with Gasteiger partial charge in [0.1, 0.15) is 11.4 Å². The summed E-state index contributed by atoms with van der Waals surface area (Å²) in [6.45, 7) is 6.32. The Bertz CT molecular complexity index is 1490. The fraction of sp³-hybridized carbons (Fsp3) is 0.562. The van der Waals surface area contributed by atoms with Gasteiger partial charge >= 0.3 is 12.1 Å². The number of nitrogens with one attached hydrogen (secondary N) is 1. The lowest BCUT2D eigenvalue weighted by Crippen LogP contribution is -2.38. The van der Waals surface area contributed by atoms with Gasteiger partial charge in [-0.2, -0.15) is 13.2 Å². The molecule has 0 unspecified atom stereocenters. The zero-order valence-corrected chi connectivity index (χ0v) is 25.8. The van der Waals surface area contributed by atoms with E-state index < -0.39 is 29.3 Å². The second-order valence-electron chi connectivity index (χ2n) is 12.7. The summed E-state index contributed by atoms with van der Waals surface area (Å²) in [5.41, 5.74) is -1.43. The van der Waals surface area contributed by atoms with Crippen molar-refractivity contribution in [3.05, 3.63) is 52.3 Å². The molecule has 0 bridgehead atoms. The van der Waals surface area contributed by atoms with E-state index in [-0.39, 0.29) is 12.1 Å². The van der Waals surface area contributed by atoms with Crippen molar-refractivity contribution in [3.8, 4) is 0 Å². The summed E-state index contributed by atoms with van der Waals surface area (Å²) in [5, 5.41) is 23.5. The lowest BCUT2D eigenvalue weighted by atomic mass is 9.81. The molecule has 0 spiro atoms. The van der Waals surface area contributed by atoms with Crippen molar-refractivity contribution < 1.29 is 33.0 Å². The highest BCUT2D eigenvalue weighted by atomic mass is 32.1. The number of carbonyl (C=O) groups is 2. The fourth-order valence-electron chi connectivity index (χ4n) is 6.42. The van der Waals surface area contributed by atoms with Gasteiger partial charge in [0.15, 0.2) is 0 Å². The second kappa shape index (κ2) is 13.1. The summed E-state index contributed by atoms with van der Waals surface area (Å²) in [7, 11) is 0. The van der Waals surface area contributed by atoms with Gasteiger partial charge in [-0.3, -0.25) is 9.59 Å². The molecule has 12 heteroatoms. The minimum atomic E-state index is -4.67. The molecule has 1 aliphatic carbocycles. The van der Waals surface area contributed by atoms with Crippen LogP contribution in [0.25, 0.3) is 10.2 Å². The van der Waals surface area contributed by atoms with E-state index in [1.807, 2.05) is 0 Å². The zero-order chi connectivity index (χ0) is 31.6. The van der Waals surface area contributed by atoms with Crippen molar-refractivity contribution in [3.63, 3.8) is 0 Å². The quantitative estimate of drug-likeness (QED) is 0.232. The number of anilines is 1. The molecule has 8 nitrogen and oxygen atoms in total. The van der Waals surface area contributed by atoms with E-state index in [0.717, 1.165) is 86.4 Å². The first-order valence-electron chi connectivity index (χ1n) is 15.2. The minimum Gasteiger partial charge on any atom is -0.481 e. The number of likely N-dealkylation sites (tertiary alicyclic amines) is 1. The van der Waals surface area contributed by atoms with Crippen LogP contribution in [-0.4, -0.2) is 56.6 Å². The Balaban J connectivity index is 1.23. The normalized spacial score (nSPS) is 20.6. The van der Waals surface area contributed by atoms with Gasteiger partial charge in [-0.05, 0) is 108 Å². The molecular formula is C32H39F3N4O4S. The lowest BCUT2D eigenvalue weighted by molar-refractivity contribution is -0.141. The van der Waals surface area contributed by atoms with Crippen molar-refractivity contribution >= 4 is 39.1 Å². The number of amides is 1. The number of hydrogen-bond donors (Lipinski definition) is 3. The molecule has 2 aromatic heterocycles. The summed E-state index contributed by atoms with van der Waals surface area (Å²) < 4.78 is 40.3. The number of benzene rings is 1. The number of hydrogen-bond acceptors (Lipinski definition) is 7. The van der Waals surface area contributed by atoms with E-state index in [9.17, 15) is 27.9 Å². The molecule has 3 aromatic rings. The Morgan fingerprint density at radius 1 is 1.02 bits per heavy atom. The van der Waals surface area contributed by atoms with Crippen LogP contribution in [-0.2, 0) is 16.6 Å². The minimum absolute atomic E-state index is 0.257. The first-order chi connectivity index (χ1) is 20.8. The van der Waals surface area contributed by atoms with Crippen LogP contribution in [0.15, 0.2) is 30.3 Å². The maximum Gasteiger partial charge on any atom is 0.433 e. The van der Waals surface area contributed by atoms with Gasteiger partial charge in [-0.15, -0.1) is 11.3 Å². The molecule has 1 saturated heterocycles. The Morgan fingerprint density at radius 2 is 1.73 bits per heavy atom. The molecule has 0 radical (unpaired) electrons. The number of carboxylic acid groups (broad SMARTS) is 1. The van der Waals surface area contributed by atoms with Crippen LogP contribution < -0.4 is 5.32 Å². The van der Waals surface area contributed by atoms with Crippen LogP contribution in [0.4, 0.5) is 18.9 Å². The number of nitrogens with zero attached hydrogens (tertiary/aromatic N) is 3. The predicted molar refractivity (Wildman–Crippen MR) is 163 cm³/mol. The number of aromatic nitrogens is 2. The Morgan fingerprint density at radius 3 is 2.36 bits per heavy atom. The zero-order valence-electron chi connectivity index (χ0n) is 25.0. The SMILES string of the molecule is CC(C)(O)c1cc2nc([C@H]3CC[C@H](CN4CCC(CCC(=O)O)CC4)CC3)sc2cc1NC(=O)c1cccc(C(F)(F)F)n1. The van der Waals surface area contributed by atoms with Gasteiger partial charge in [-0.1, -0.05) is 6.07 Å². The number of halogens is 3. The monoisotopic (exact) mass is 632 g/mol. The largest absolute Gasteiger partial charge is 0.481 e. The standard InChI is InChI=1S/C32H39F3N4O4S/c1-31(2,43)22-16-25-26(17-24(22)37-29(42)23-4-3-5-27(36-23)32(33,34)35)44-30(38-25)21-9-6-20(7-10-21)18-39-14-12-19(13-15-39)8-11-28(40)41/h3-5,16-17,19-21,43H,6-15,18H2,1-2H3,(H,37,42)(H,40,41)/t20-,21-. The summed E-state index contributed by atoms with van der Waals surface area (Å²) in [5.74, 6) is -0.0463. The predicted octanol–water partition coefficient (Wildman–Crippen LogP) is 7.04. The molecule has 0 atom stereocenters. The molecule has 5 rings (SSSR count). The number of aliphatic carboxylic acids is 1. The Hall–Kier alpha value is -3.09. The van der Waals surface area contributed by atoms with E-state index >= 15 is 0 Å². The topological polar surface area (TPSA) is 116 Å². The number of rotatable bonds is 9. The number of piperidine rings is 1. The average molecular weight is 633 g/mol. The van der Waals surface area contributed by atoms with E-state index in [4.69, 9.17) is 10.1 Å². The van der Waals surface area contributed by atoms with Crippen LogP contribution in [0.5, 0.6) is 0 Å². The highest BCUT2D eigenvalue weighted by Gasteiger charge is 2.33. The summed E-state index contributed by atoms with van der Waals surface area (Å²) in [6.07, 6.45) is 2.78. The summed E-state index contributed by atoms with van der Waals surface area (Å²) in [6, 6.07) is 6.66. The van der Waals surface area contributed by atoms with E-state index in [1.165, 1.54) is 6.07 Å². The number of carboxylic acids is 1. The smallest absolute Gasteiger partial charge is 0.433 e. The number of pyridine rings is 1. The van der Waals surface area contributed by atoms with E-state index in [1.54, 1.807) is 37.3 Å². The van der Waals surface area contributed by atoms with Crippen molar-refractivity contribution in [2.24, 2.45) is 11.8 Å². The molecular weight excluding hydrogens is 593 g/mol. The number of aliphatic hydroxyl groups is 1. The molecule has 44 heavy (non-hydrogen) atoms. The summed E-state index contributed by atoms with van der Waals surface area (Å²) >= 11 is 1.55. The van der Waals surface area contributed by atoms with Gasteiger partial charge in [0.05, 0.1) is 20.8 Å². The molecule has 1 amide bonds. The Kier molecular flexibility index (Phi) is 9.62. The molecule has 3 heterocycles. The first kappa shape index (κ1) is 32.3. The lowest BCUT2D eigenvalue weighted by Gasteiger charge is -2.36. The van der Waals surface area contributed by atoms with Gasteiger partial charge < -0.3 is 20.4 Å². The fourth-order valence-corrected chi connectivity index (χ4v) is 7.58. The van der Waals surface area contributed by atoms with Gasteiger partial charge in [0.25, 0.3) is 5.91 Å². The van der Waals surface area contributed by atoms with Crippen molar-refractivity contribution in [2.75, 3.05) is 25.0 Å². The highest BCUT2D eigenvalue weighted by Crippen LogP contribution is 2.42. The molecule has 3 N–H and O–H groups in total. The van der Waals surface area contributed by atoms with Crippen molar-refractivity contribution in [1.82, 2.24) is 14.9 Å². The van der Waals surface area contributed by atoms with Crippen LogP contribution in [0.3, 0.4) is 0 Å². The third kappa shape index (κ3) is 7.94. The molecule has 2 fully saturated rings. The maximum atomic E-state index is 13.1. The number of carbonyl (C=O) groups excluding carboxylic acids is 1. The Labute approximate surface area is 258 Å². The third-order valence-corrected chi connectivity index (χ3v) is 10.1. The highest BCUT2D eigenvalue weighted by molar-refractivity contribution is 7.18. The first-order valence-corrected chi connectivity index (χ1v) is 16.0. The second-order valence-corrected chi connectivity index (χ2v) is 13.8. The van der Waals surface area contributed by atoms with Crippen LogP contribution in [0.1, 0.15) is 97.9 Å². The van der Waals surface area contributed by atoms with Crippen molar-refractivity contribution in [2.45, 2.75) is 82.9 Å². The molecule has 1 saturated carbocycles. The number of fused-ring (bicyclic) bond motifs is 1. The maximum absolute atomic E-state index is 13.1. The van der Waals surface area contributed by atoms with E-state index in [0.29, 0.717) is 34.5 Å². The number of thiazole rings is 1. The molecule has 238 valence electrons. The van der Waals surface area contributed by atoms with Gasteiger partial charge in [0, 0.05) is 30.1 Å². The molecule has 1 aromatic carbocycles. The van der Waals surface area contributed by atoms with Crippen LogP contribution in [0.2, 0.25) is 0 Å². The van der Waals surface area contributed by atoms with Crippen molar-refractivity contribution in [1.29, 1.82) is 0 Å². The molecule has 2 aliphatic rings. The summed E-state index contributed by atoms with van der Waals surface area (Å²) in [4.78, 5) is 34.7. The van der Waals surface area contributed by atoms with Crippen LogP contribution in [0, 0.1) is 11.8 Å². The van der Waals surface area contributed by atoms with E-state index in [2.05, 4.69) is 15.2 Å². The third-order valence-electron chi connectivity index (χ3n) is 8.91. The molecule has 1 aliphatic heterocycles. The van der Waals surface area contributed by atoms with Crippen LogP contribution >= 0.6 is 11.3 Å².